The van der Waals surface area contributed by atoms with Crippen molar-refractivity contribution in [2.75, 3.05) is 0 Å². The SMILES string of the molecule is Cl.NC(CC(=O)NC1CCCCC1)c1ccccc1. The number of nitrogens with one attached hydrogen (secondary N) is 1. The number of nitrogens with two attached hydrogens (primary N) is 1. The fraction of sp³-hybridized carbons (Fsp3) is 0.533. The average Bonchev–Trinajstić information content (AvgIpc) is 2.40. The van der Waals surface area contributed by atoms with E-state index in [4.69, 9.17) is 5.73 Å². The standard InChI is InChI=1S/C15H22N2O.ClH/c16-14(12-7-3-1-4-8-12)11-15(18)17-13-9-5-2-6-10-13;/h1,3-4,7-8,13-14H,2,5-6,9-11,16H2,(H,17,18);1H. The van der Waals surface area contributed by atoms with Crippen LogP contribution in [-0.2, 0) is 4.79 Å². The molecule has 1 aromatic carbocycles. The molecule has 0 radical (unpaired) electrons. The largest absolute Gasteiger partial charge is 0.353 e. The molecule has 1 aromatic rings. The Kier molecular flexibility index (Phi) is 6.89. The lowest BCUT2D eigenvalue weighted by atomic mass is 9.95. The van der Waals surface area contributed by atoms with E-state index in [1.807, 2.05) is 30.3 Å². The van der Waals surface area contributed by atoms with E-state index in [0.29, 0.717) is 12.5 Å². The number of carbonyl (C=O) groups excluding carboxylic acids is 1. The molecule has 3 N–H and O–H groups in total. The number of hydrogen-bond acceptors (Lipinski definition) is 2. The Bertz CT molecular complexity index is 377. The Balaban J connectivity index is 0.00000180. The third kappa shape index (κ3) is 5.21. The van der Waals surface area contributed by atoms with Crippen LogP contribution in [0.15, 0.2) is 30.3 Å². The molecule has 0 spiro atoms. The van der Waals surface area contributed by atoms with Crippen molar-refractivity contribution in [1.29, 1.82) is 0 Å². The number of amides is 1. The maximum absolute atomic E-state index is 11.9. The maximum Gasteiger partial charge on any atom is 0.222 e. The third-order valence-electron chi connectivity index (χ3n) is 3.60. The van der Waals surface area contributed by atoms with Crippen LogP contribution in [0.25, 0.3) is 0 Å². The summed E-state index contributed by atoms with van der Waals surface area (Å²) in [5.41, 5.74) is 7.06. The molecule has 0 bridgehead atoms. The second-order valence-corrected chi connectivity index (χ2v) is 5.12. The van der Waals surface area contributed by atoms with Gasteiger partial charge in [-0.1, -0.05) is 49.6 Å². The van der Waals surface area contributed by atoms with E-state index in [0.717, 1.165) is 18.4 Å². The molecule has 1 saturated carbocycles. The van der Waals surface area contributed by atoms with Gasteiger partial charge < -0.3 is 11.1 Å². The molecule has 1 aliphatic rings. The van der Waals surface area contributed by atoms with Gasteiger partial charge in [-0.05, 0) is 18.4 Å². The average molecular weight is 283 g/mol. The number of halogens is 1. The quantitative estimate of drug-likeness (QED) is 0.892. The zero-order valence-corrected chi connectivity index (χ0v) is 12.0. The van der Waals surface area contributed by atoms with Crippen molar-refractivity contribution in [3.63, 3.8) is 0 Å². The monoisotopic (exact) mass is 282 g/mol. The minimum atomic E-state index is -0.199. The molecule has 1 unspecified atom stereocenters. The van der Waals surface area contributed by atoms with E-state index < -0.39 is 0 Å². The summed E-state index contributed by atoms with van der Waals surface area (Å²) in [6, 6.07) is 9.97. The zero-order valence-electron chi connectivity index (χ0n) is 11.2. The first-order chi connectivity index (χ1) is 8.75. The van der Waals surface area contributed by atoms with Gasteiger partial charge in [0, 0.05) is 18.5 Å². The van der Waals surface area contributed by atoms with Crippen molar-refractivity contribution in [2.45, 2.75) is 50.6 Å². The second kappa shape index (κ2) is 8.18. The Morgan fingerprint density at radius 3 is 2.47 bits per heavy atom. The molecule has 1 fully saturated rings. The summed E-state index contributed by atoms with van der Waals surface area (Å²) in [5.74, 6) is 0.0817. The van der Waals surface area contributed by atoms with Crippen molar-refractivity contribution < 1.29 is 4.79 Å². The van der Waals surface area contributed by atoms with Gasteiger partial charge in [-0.15, -0.1) is 12.4 Å². The van der Waals surface area contributed by atoms with Crippen molar-refractivity contribution in [1.82, 2.24) is 5.32 Å². The fourth-order valence-corrected chi connectivity index (χ4v) is 2.55. The second-order valence-electron chi connectivity index (χ2n) is 5.12. The van der Waals surface area contributed by atoms with Crippen molar-refractivity contribution >= 4 is 18.3 Å². The topological polar surface area (TPSA) is 55.1 Å². The summed E-state index contributed by atoms with van der Waals surface area (Å²) >= 11 is 0. The van der Waals surface area contributed by atoms with Crippen LogP contribution in [0.3, 0.4) is 0 Å². The number of rotatable bonds is 4. The predicted octanol–water partition coefficient (Wildman–Crippen LogP) is 2.95. The zero-order chi connectivity index (χ0) is 12.8. The van der Waals surface area contributed by atoms with E-state index in [-0.39, 0.29) is 24.4 Å². The molecule has 3 nitrogen and oxygen atoms in total. The number of hydrogen-bond donors (Lipinski definition) is 2. The summed E-state index contributed by atoms with van der Waals surface area (Å²) in [6.45, 7) is 0. The highest BCUT2D eigenvalue weighted by molar-refractivity contribution is 5.85. The van der Waals surface area contributed by atoms with Gasteiger partial charge in [0.25, 0.3) is 0 Å². The summed E-state index contributed by atoms with van der Waals surface area (Å²) in [4.78, 5) is 11.9. The molecular weight excluding hydrogens is 260 g/mol. The minimum absolute atomic E-state index is 0. The van der Waals surface area contributed by atoms with Gasteiger partial charge in [0.15, 0.2) is 0 Å². The molecule has 0 aliphatic heterocycles. The highest BCUT2D eigenvalue weighted by Gasteiger charge is 2.17. The van der Waals surface area contributed by atoms with Crippen molar-refractivity contribution in [2.24, 2.45) is 5.73 Å². The van der Waals surface area contributed by atoms with Gasteiger partial charge in [0.05, 0.1) is 0 Å². The van der Waals surface area contributed by atoms with Crippen LogP contribution in [-0.4, -0.2) is 11.9 Å². The van der Waals surface area contributed by atoms with Gasteiger partial charge in [-0.25, -0.2) is 0 Å². The summed E-state index contributed by atoms with van der Waals surface area (Å²) < 4.78 is 0. The summed E-state index contributed by atoms with van der Waals surface area (Å²) in [6.07, 6.45) is 6.38. The molecule has 1 amide bonds. The molecule has 1 atom stereocenters. The van der Waals surface area contributed by atoms with Crippen LogP contribution in [0.4, 0.5) is 0 Å². The number of carbonyl (C=O) groups is 1. The lowest BCUT2D eigenvalue weighted by Gasteiger charge is -2.23. The van der Waals surface area contributed by atoms with Gasteiger partial charge in [0.1, 0.15) is 0 Å². The molecule has 0 heterocycles. The maximum atomic E-state index is 11.9. The molecule has 0 aromatic heterocycles. The molecule has 2 rings (SSSR count). The molecule has 1 aliphatic carbocycles. The lowest BCUT2D eigenvalue weighted by molar-refractivity contribution is -0.122. The van der Waals surface area contributed by atoms with Crippen LogP contribution < -0.4 is 11.1 Å². The molecular formula is C15H23ClN2O. The van der Waals surface area contributed by atoms with E-state index >= 15 is 0 Å². The molecule has 106 valence electrons. The van der Waals surface area contributed by atoms with E-state index in [2.05, 4.69) is 5.32 Å². The van der Waals surface area contributed by atoms with Crippen molar-refractivity contribution in [3.05, 3.63) is 35.9 Å². The Morgan fingerprint density at radius 1 is 1.21 bits per heavy atom. The van der Waals surface area contributed by atoms with Crippen molar-refractivity contribution in [3.8, 4) is 0 Å². The fourth-order valence-electron chi connectivity index (χ4n) is 2.55. The Labute approximate surface area is 121 Å². The van der Waals surface area contributed by atoms with Crippen LogP contribution in [0.2, 0.25) is 0 Å². The van der Waals surface area contributed by atoms with Crippen LogP contribution >= 0.6 is 12.4 Å². The highest BCUT2D eigenvalue weighted by Crippen LogP contribution is 2.18. The third-order valence-corrected chi connectivity index (χ3v) is 3.60. The van der Waals surface area contributed by atoms with E-state index in [9.17, 15) is 4.79 Å². The molecule has 4 heteroatoms. The van der Waals surface area contributed by atoms with Crippen LogP contribution in [0.5, 0.6) is 0 Å². The highest BCUT2D eigenvalue weighted by atomic mass is 35.5. The van der Waals surface area contributed by atoms with E-state index in [1.54, 1.807) is 0 Å². The normalized spacial score (nSPS) is 17.3. The Hall–Kier alpha value is -1.06. The summed E-state index contributed by atoms with van der Waals surface area (Å²) in [7, 11) is 0. The first-order valence-electron chi connectivity index (χ1n) is 6.85. The first kappa shape index (κ1) is 16.0. The van der Waals surface area contributed by atoms with Crippen LogP contribution in [0, 0.1) is 0 Å². The molecule has 19 heavy (non-hydrogen) atoms. The van der Waals surface area contributed by atoms with Gasteiger partial charge >= 0.3 is 0 Å². The van der Waals surface area contributed by atoms with Gasteiger partial charge in [0.2, 0.25) is 5.91 Å². The lowest BCUT2D eigenvalue weighted by Crippen LogP contribution is -2.37. The first-order valence-corrected chi connectivity index (χ1v) is 6.85. The van der Waals surface area contributed by atoms with Gasteiger partial charge in [-0.2, -0.15) is 0 Å². The number of benzene rings is 1. The smallest absolute Gasteiger partial charge is 0.222 e. The van der Waals surface area contributed by atoms with Gasteiger partial charge in [-0.3, -0.25) is 4.79 Å². The summed E-state index contributed by atoms with van der Waals surface area (Å²) in [5, 5.41) is 3.10. The Morgan fingerprint density at radius 2 is 1.84 bits per heavy atom. The minimum Gasteiger partial charge on any atom is -0.353 e. The van der Waals surface area contributed by atoms with E-state index in [1.165, 1.54) is 19.3 Å². The molecule has 0 saturated heterocycles. The van der Waals surface area contributed by atoms with Crippen LogP contribution in [0.1, 0.15) is 50.1 Å². The predicted molar refractivity (Wildman–Crippen MR) is 80.3 cm³/mol.